The number of unbranched alkanes of at least 4 members (excludes halogenated alkanes) is 1. The zero-order valence-electron chi connectivity index (χ0n) is 13.9. The molecule has 1 fully saturated rings. The van der Waals surface area contributed by atoms with Gasteiger partial charge in [-0.2, -0.15) is 0 Å². The molecule has 20 heavy (non-hydrogen) atoms. The highest BCUT2D eigenvalue weighted by molar-refractivity contribution is 5.80. The number of nitrogens with one attached hydrogen (secondary N) is 1. The molecule has 118 valence electrons. The Morgan fingerprint density at radius 3 is 2.60 bits per heavy atom. The summed E-state index contributed by atoms with van der Waals surface area (Å²) in [7, 11) is 1.83. The fourth-order valence-electron chi connectivity index (χ4n) is 3.11. The van der Waals surface area contributed by atoms with Gasteiger partial charge in [-0.25, -0.2) is 0 Å². The largest absolute Gasteiger partial charge is 0.465 e. The van der Waals surface area contributed by atoms with E-state index in [0.717, 1.165) is 31.7 Å². The van der Waals surface area contributed by atoms with Crippen LogP contribution in [0, 0.1) is 5.92 Å². The van der Waals surface area contributed by atoms with Gasteiger partial charge in [-0.15, -0.1) is 0 Å². The van der Waals surface area contributed by atoms with Crippen LogP contribution in [0.3, 0.4) is 0 Å². The second-order valence-electron chi connectivity index (χ2n) is 6.44. The molecule has 4 heteroatoms. The molecular formula is C16H32N2O2. The molecule has 1 rings (SSSR count). The van der Waals surface area contributed by atoms with Gasteiger partial charge in [0.15, 0.2) is 0 Å². The summed E-state index contributed by atoms with van der Waals surface area (Å²) in [6, 6.07) is 0.714. The average Bonchev–Trinajstić information content (AvgIpc) is 2.73. The van der Waals surface area contributed by atoms with Crippen molar-refractivity contribution in [2.45, 2.75) is 65.0 Å². The molecule has 1 aliphatic heterocycles. The van der Waals surface area contributed by atoms with E-state index < -0.39 is 5.54 Å². The maximum absolute atomic E-state index is 11.9. The Labute approximate surface area is 124 Å². The van der Waals surface area contributed by atoms with E-state index in [0.29, 0.717) is 12.6 Å². The highest BCUT2D eigenvalue weighted by Crippen LogP contribution is 2.23. The van der Waals surface area contributed by atoms with Gasteiger partial charge in [-0.1, -0.05) is 6.92 Å². The summed E-state index contributed by atoms with van der Waals surface area (Å²) < 4.78 is 5.15. The van der Waals surface area contributed by atoms with E-state index in [1.165, 1.54) is 13.0 Å². The van der Waals surface area contributed by atoms with Gasteiger partial charge in [-0.05, 0) is 66.0 Å². The Morgan fingerprint density at radius 2 is 2.10 bits per heavy atom. The highest BCUT2D eigenvalue weighted by Gasteiger charge is 2.32. The van der Waals surface area contributed by atoms with Crippen molar-refractivity contribution in [1.82, 2.24) is 10.2 Å². The summed E-state index contributed by atoms with van der Waals surface area (Å²) in [6.07, 6.45) is 4.35. The summed E-state index contributed by atoms with van der Waals surface area (Å²) in [5.41, 5.74) is -0.542. The molecule has 0 aliphatic carbocycles. The minimum absolute atomic E-state index is 0.134. The minimum atomic E-state index is -0.542. The van der Waals surface area contributed by atoms with E-state index in [2.05, 4.69) is 24.1 Å². The third-order valence-electron chi connectivity index (χ3n) is 4.56. The van der Waals surface area contributed by atoms with Gasteiger partial charge in [0, 0.05) is 12.6 Å². The predicted octanol–water partition coefficient (Wildman–Crippen LogP) is 2.43. The van der Waals surface area contributed by atoms with Crippen molar-refractivity contribution in [1.29, 1.82) is 0 Å². The Kier molecular flexibility index (Phi) is 6.96. The van der Waals surface area contributed by atoms with E-state index >= 15 is 0 Å². The van der Waals surface area contributed by atoms with Crippen LogP contribution in [-0.2, 0) is 9.53 Å². The number of nitrogens with zero attached hydrogens (tertiary/aromatic N) is 1. The van der Waals surface area contributed by atoms with Crippen LogP contribution in [0.2, 0.25) is 0 Å². The maximum Gasteiger partial charge on any atom is 0.326 e. The van der Waals surface area contributed by atoms with Crippen LogP contribution < -0.4 is 5.32 Å². The molecule has 3 atom stereocenters. The zero-order chi connectivity index (χ0) is 15.2. The molecule has 0 bridgehead atoms. The molecule has 4 nitrogen and oxygen atoms in total. The topological polar surface area (TPSA) is 41.6 Å². The van der Waals surface area contributed by atoms with Crippen LogP contribution in [0.1, 0.15) is 53.4 Å². The first-order valence-electron chi connectivity index (χ1n) is 8.03. The summed E-state index contributed by atoms with van der Waals surface area (Å²) in [4.78, 5) is 14.5. The molecular weight excluding hydrogens is 252 g/mol. The molecule has 0 spiro atoms. The van der Waals surface area contributed by atoms with Crippen LogP contribution in [-0.4, -0.2) is 49.2 Å². The van der Waals surface area contributed by atoms with Crippen molar-refractivity contribution in [3.05, 3.63) is 0 Å². The minimum Gasteiger partial charge on any atom is -0.465 e. The Balaban J connectivity index is 2.29. The molecule has 0 aromatic heterocycles. The third-order valence-corrected chi connectivity index (χ3v) is 4.56. The molecule has 3 unspecified atom stereocenters. The number of ether oxygens (including phenoxy) is 1. The molecule has 0 saturated carbocycles. The van der Waals surface area contributed by atoms with E-state index in [1.807, 2.05) is 20.9 Å². The van der Waals surface area contributed by atoms with Crippen molar-refractivity contribution in [3.63, 3.8) is 0 Å². The molecule has 0 amide bonds. The number of hydrogen-bond donors (Lipinski definition) is 1. The summed E-state index contributed by atoms with van der Waals surface area (Å²) in [5, 5.41) is 3.12. The fourth-order valence-corrected chi connectivity index (χ4v) is 3.11. The average molecular weight is 284 g/mol. The van der Waals surface area contributed by atoms with Crippen molar-refractivity contribution in [2.24, 2.45) is 5.92 Å². The second kappa shape index (κ2) is 7.99. The Morgan fingerprint density at radius 1 is 1.40 bits per heavy atom. The zero-order valence-corrected chi connectivity index (χ0v) is 13.9. The molecule has 1 N–H and O–H groups in total. The highest BCUT2D eigenvalue weighted by atomic mass is 16.5. The van der Waals surface area contributed by atoms with Gasteiger partial charge in [0.05, 0.1) is 6.61 Å². The lowest BCUT2D eigenvalue weighted by atomic mass is 9.95. The lowest BCUT2D eigenvalue weighted by Crippen LogP contribution is -2.48. The van der Waals surface area contributed by atoms with Gasteiger partial charge in [-0.3, -0.25) is 4.79 Å². The molecule has 0 aromatic rings. The summed E-state index contributed by atoms with van der Waals surface area (Å²) in [6.45, 7) is 11.3. The standard InChI is InChI=1S/C16H32N2O2/c1-6-20-15(19)16(4,17-5)9-7-8-10-18-12-13(2)11-14(18)3/h13-14,17H,6-12H2,1-5H3. The van der Waals surface area contributed by atoms with Crippen molar-refractivity contribution < 1.29 is 9.53 Å². The van der Waals surface area contributed by atoms with Gasteiger partial charge in [0.2, 0.25) is 0 Å². The molecule has 0 radical (unpaired) electrons. The normalized spacial score (nSPS) is 26.4. The monoisotopic (exact) mass is 284 g/mol. The SMILES string of the molecule is CCOC(=O)C(C)(CCCCN1CC(C)CC1C)NC. The maximum atomic E-state index is 11.9. The summed E-state index contributed by atoms with van der Waals surface area (Å²) >= 11 is 0. The van der Waals surface area contributed by atoms with Gasteiger partial charge < -0.3 is 15.0 Å². The first-order valence-corrected chi connectivity index (χ1v) is 8.03. The number of hydrogen-bond acceptors (Lipinski definition) is 4. The van der Waals surface area contributed by atoms with Crippen LogP contribution >= 0.6 is 0 Å². The van der Waals surface area contributed by atoms with E-state index in [-0.39, 0.29) is 5.97 Å². The number of likely N-dealkylation sites (N-methyl/N-ethyl adjacent to an activating group) is 1. The van der Waals surface area contributed by atoms with E-state index in [9.17, 15) is 4.79 Å². The second-order valence-corrected chi connectivity index (χ2v) is 6.44. The molecule has 0 aromatic carbocycles. The van der Waals surface area contributed by atoms with Crippen molar-refractivity contribution in [3.8, 4) is 0 Å². The van der Waals surface area contributed by atoms with Gasteiger partial charge in [0.25, 0.3) is 0 Å². The predicted molar refractivity (Wildman–Crippen MR) is 82.8 cm³/mol. The Hall–Kier alpha value is -0.610. The number of carbonyl (C=O) groups excluding carboxylic acids is 1. The van der Waals surface area contributed by atoms with E-state index in [4.69, 9.17) is 4.74 Å². The first kappa shape index (κ1) is 17.4. The van der Waals surface area contributed by atoms with E-state index in [1.54, 1.807) is 0 Å². The first-order chi connectivity index (χ1) is 9.42. The van der Waals surface area contributed by atoms with Crippen molar-refractivity contribution in [2.75, 3.05) is 26.7 Å². The quantitative estimate of drug-likeness (QED) is 0.549. The smallest absolute Gasteiger partial charge is 0.326 e. The lowest BCUT2D eigenvalue weighted by molar-refractivity contribution is -0.150. The fraction of sp³-hybridized carbons (Fsp3) is 0.938. The van der Waals surface area contributed by atoms with Crippen LogP contribution in [0.5, 0.6) is 0 Å². The third kappa shape index (κ3) is 4.74. The van der Waals surface area contributed by atoms with Gasteiger partial charge >= 0.3 is 5.97 Å². The number of rotatable bonds is 8. The lowest BCUT2D eigenvalue weighted by Gasteiger charge is -2.27. The van der Waals surface area contributed by atoms with Crippen molar-refractivity contribution >= 4 is 5.97 Å². The molecule has 1 saturated heterocycles. The van der Waals surface area contributed by atoms with Gasteiger partial charge in [0.1, 0.15) is 5.54 Å². The molecule has 1 aliphatic rings. The van der Waals surface area contributed by atoms with Crippen LogP contribution in [0.4, 0.5) is 0 Å². The molecule has 1 heterocycles. The summed E-state index contributed by atoms with van der Waals surface area (Å²) in [5.74, 6) is 0.692. The number of likely N-dealkylation sites (tertiary alicyclic amines) is 1. The number of esters is 1. The number of carbonyl (C=O) groups is 1. The van der Waals surface area contributed by atoms with Crippen LogP contribution in [0.25, 0.3) is 0 Å². The van der Waals surface area contributed by atoms with Crippen LogP contribution in [0.15, 0.2) is 0 Å². The Bertz CT molecular complexity index is 309.